The lowest BCUT2D eigenvalue weighted by atomic mass is 9.75. The van der Waals surface area contributed by atoms with Gasteiger partial charge in [-0.25, -0.2) is 9.97 Å². The van der Waals surface area contributed by atoms with Crippen LogP contribution in [0.15, 0.2) is 18.7 Å². The Kier molecular flexibility index (Phi) is 4.26. The highest BCUT2D eigenvalue weighted by Gasteiger charge is 2.58. The molecular weight excluding hydrogens is 239 g/mol. The SMILES string of the molecule is CCC1(CC)OB(c2cncnc2)OC1(CC)CC. The molecule has 0 saturated carbocycles. The van der Waals surface area contributed by atoms with E-state index >= 15 is 0 Å². The van der Waals surface area contributed by atoms with Crippen molar-refractivity contribution >= 4 is 12.6 Å². The molecule has 0 unspecified atom stereocenters. The molecule has 0 aromatic carbocycles. The third-order valence-corrected chi connectivity index (χ3v) is 4.63. The van der Waals surface area contributed by atoms with Crippen LogP contribution in [0.3, 0.4) is 0 Å². The summed E-state index contributed by atoms with van der Waals surface area (Å²) in [4.78, 5) is 8.11. The van der Waals surface area contributed by atoms with Crippen LogP contribution in [0.5, 0.6) is 0 Å². The van der Waals surface area contributed by atoms with E-state index in [-0.39, 0.29) is 18.3 Å². The van der Waals surface area contributed by atoms with Gasteiger partial charge in [-0.3, -0.25) is 0 Å². The maximum absolute atomic E-state index is 6.33. The van der Waals surface area contributed by atoms with E-state index in [0.29, 0.717) is 0 Å². The Morgan fingerprint density at radius 2 is 1.32 bits per heavy atom. The molecule has 104 valence electrons. The molecule has 2 heterocycles. The molecule has 1 aromatic heterocycles. The first-order chi connectivity index (χ1) is 9.17. The van der Waals surface area contributed by atoms with Crippen LogP contribution in [-0.2, 0) is 9.31 Å². The zero-order valence-electron chi connectivity index (χ0n) is 12.3. The van der Waals surface area contributed by atoms with Crippen molar-refractivity contribution in [2.45, 2.75) is 64.6 Å². The maximum Gasteiger partial charge on any atom is 0.498 e. The van der Waals surface area contributed by atoms with E-state index in [1.165, 1.54) is 6.33 Å². The molecule has 19 heavy (non-hydrogen) atoms. The average Bonchev–Trinajstić information content (AvgIpc) is 2.83. The van der Waals surface area contributed by atoms with Gasteiger partial charge in [0.05, 0.1) is 11.2 Å². The standard InChI is InChI=1S/C14H23BN2O2/c1-5-13(6-2)14(7-3,8-4)19-15(18-13)12-9-16-11-17-10-12/h9-11H,5-8H2,1-4H3. The summed E-state index contributed by atoms with van der Waals surface area (Å²) in [5.74, 6) is 0. The number of hydrogen-bond acceptors (Lipinski definition) is 4. The minimum atomic E-state index is -0.346. The van der Waals surface area contributed by atoms with Crippen LogP contribution in [0.1, 0.15) is 53.4 Å². The molecular formula is C14H23BN2O2. The Balaban J connectivity index is 2.35. The average molecular weight is 262 g/mol. The minimum absolute atomic E-state index is 0.211. The van der Waals surface area contributed by atoms with Gasteiger partial charge in [0.15, 0.2) is 0 Å². The predicted octanol–water partition coefficient (Wildman–Crippen LogP) is 2.34. The van der Waals surface area contributed by atoms with Gasteiger partial charge in [-0.15, -0.1) is 0 Å². The van der Waals surface area contributed by atoms with Gasteiger partial charge >= 0.3 is 7.12 Å². The number of hydrogen-bond donors (Lipinski definition) is 0. The fraction of sp³-hybridized carbons (Fsp3) is 0.714. The summed E-state index contributed by atoms with van der Waals surface area (Å²) < 4.78 is 12.7. The quantitative estimate of drug-likeness (QED) is 0.764. The molecule has 1 aromatic rings. The van der Waals surface area contributed by atoms with E-state index in [0.717, 1.165) is 31.1 Å². The van der Waals surface area contributed by atoms with Crippen LogP contribution in [0, 0.1) is 0 Å². The molecule has 1 aliphatic rings. The van der Waals surface area contributed by atoms with Gasteiger partial charge in [0.25, 0.3) is 0 Å². The van der Waals surface area contributed by atoms with Gasteiger partial charge in [-0.05, 0) is 25.7 Å². The summed E-state index contributed by atoms with van der Waals surface area (Å²) in [6.45, 7) is 8.71. The topological polar surface area (TPSA) is 44.2 Å². The van der Waals surface area contributed by atoms with Crippen molar-refractivity contribution in [2.75, 3.05) is 0 Å². The molecule has 0 atom stereocenters. The molecule has 0 amide bonds. The first-order valence-electron chi connectivity index (χ1n) is 7.27. The lowest BCUT2D eigenvalue weighted by Gasteiger charge is -2.42. The van der Waals surface area contributed by atoms with Crippen molar-refractivity contribution in [2.24, 2.45) is 0 Å². The van der Waals surface area contributed by atoms with Crippen LogP contribution in [-0.4, -0.2) is 28.3 Å². The normalized spacial score (nSPS) is 20.7. The maximum atomic E-state index is 6.33. The second-order valence-corrected chi connectivity index (χ2v) is 5.14. The number of rotatable bonds is 5. The smallest absolute Gasteiger partial charge is 0.399 e. The summed E-state index contributed by atoms with van der Waals surface area (Å²) in [5, 5.41) is 0. The fourth-order valence-electron chi connectivity index (χ4n) is 3.34. The van der Waals surface area contributed by atoms with E-state index in [1.54, 1.807) is 12.4 Å². The lowest BCUT2D eigenvalue weighted by molar-refractivity contribution is -0.0601. The molecule has 0 N–H and O–H groups in total. The molecule has 4 nitrogen and oxygen atoms in total. The van der Waals surface area contributed by atoms with Crippen LogP contribution in [0.2, 0.25) is 0 Å². The monoisotopic (exact) mass is 262 g/mol. The molecule has 5 heteroatoms. The second-order valence-electron chi connectivity index (χ2n) is 5.14. The van der Waals surface area contributed by atoms with Gasteiger partial charge in [-0.2, -0.15) is 0 Å². The zero-order chi connectivity index (χ0) is 13.9. The second kappa shape index (κ2) is 5.59. The van der Waals surface area contributed by atoms with Crippen LogP contribution < -0.4 is 5.46 Å². The zero-order valence-corrected chi connectivity index (χ0v) is 12.3. The Morgan fingerprint density at radius 1 is 0.895 bits per heavy atom. The highest BCUT2D eigenvalue weighted by atomic mass is 16.7. The predicted molar refractivity (Wildman–Crippen MR) is 76.2 cm³/mol. The van der Waals surface area contributed by atoms with Crippen molar-refractivity contribution in [3.05, 3.63) is 18.7 Å². The van der Waals surface area contributed by atoms with E-state index in [9.17, 15) is 0 Å². The summed E-state index contributed by atoms with van der Waals surface area (Å²) in [6.07, 6.45) is 8.89. The third kappa shape index (κ3) is 2.19. The molecule has 1 saturated heterocycles. The van der Waals surface area contributed by atoms with Gasteiger partial charge in [0, 0.05) is 17.9 Å². The van der Waals surface area contributed by atoms with Crippen molar-refractivity contribution in [1.82, 2.24) is 9.97 Å². The van der Waals surface area contributed by atoms with E-state index in [4.69, 9.17) is 9.31 Å². The van der Waals surface area contributed by atoms with Gasteiger partial charge < -0.3 is 9.31 Å². The Bertz CT molecular complexity index is 385. The molecule has 0 radical (unpaired) electrons. The summed E-state index contributed by atoms with van der Waals surface area (Å²) in [5.41, 5.74) is 0.478. The largest absolute Gasteiger partial charge is 0.498 e. The first-order valence-corrected chi connectivity index (χ1v) is 7.27. The number of nitrogens with zero attached hydrogens (tertiary/aromatic N) is 2. The third-order valence-electron chi connectivity index (χ3n) is 4.63. The Morgan fingerprint density at radius 3 is 1.68 bits per heavy atom. The molecule has 0 bridgehead atoms. The van der Waals surface area contributed by atoms with Gasteiger partial charge in [-0.1, -0.05) is 27.7 Å². The van der Waals surface area contributed by atoms with Crippen molar-refractivity contribution in [3.8, 4) is 0 Å². The highest BCUT2D eigenvalue weighted by Crippen LogP contribution is 2.46. The van der Waals surface area contributed by atoms with Crippen LogP contribution in [0.25, 0.3) is 0 Å². The summed E-state index contributed by atoms with van der Waals surface area (Å²) >= 11 is 0. The Labute approximate surface area is 116 Å². The van der Waals surface area contributed by atoms with Crippen molar-refractivity contribution < 1.29 is 9.31 Å². The molecule has 1 fully saturated rings. The highest BCUT2D eigenvalue weighted by molar-refractivity contribution is 6.61. The minimum Gasteiger partial charge on any atom is -0.399 e. The number of aromatic nitrogens is 2. The molecule has 2 rings (SSSR count). The van der Waals surface area contributed by atoms with E-state index in [2.05, 4.69) is 37.7 Å². The summed E-state index contributed by atoms with van der Waals surface area (Å²) in [6, 6.07) is 0. The van der Waals surface area contributed by atoms with E-state index in [1.807, 2.05) is 0 Å². The molecule has 0 aliphatic carbocycles. The van der Waals surface area contributed by atoms with Crippen LogP contribution >= 0.6 is 0 Å². The molecule has 0 spiro atoms. The fourth-order valence-corrected chi connectivity index (χ4v) is 3.34. The van der Waals surface area contributed by atoms with Crippen molar-refractivity contribution in [1.29, 1.82) is 0 Å². The van der Waals surface area contributed by atoms with Crippen LogP contribution in [0.4, 0.5) is 0 Å². The first kappa shape index (κ1) is 14.5. The Hall–Kier alpha value is -0.935. The van der Waals surface area contributed by atoms with Gasteiger partial charge in [0.2, 0.25) is 0 Å². The van der Waals surface area contributed by atoms with E-state index < -0.39 is 0 Å². The van der Waals surface area contributed by atoms with Crippen molar-refractivity contribution in [3.63, 3.8) is 0 Å². The lowest BCUT2D eigenvalue weighted by Crippen LogP contribution is -2.50. The van der Waals surface area contributed by atoms with Gasteiger partial charge in [0.1, 0.15) is 6.33 Å². The molecule has 1 aliphatic heterocycles. The summed E-state index contributed by atoms with van der Waals surface area (Å²) in [7, 11) is -0.346.